The molecule has 0 heterocycles. The molecule has 1 unspecified atom stereocenters. The number of methoxy groups -OCH3 is 1. The monoisotopic (exact) mass is 238 g/mol. The molecule has 0 fully saturated rings. The van der Waals surface area contributed by atoms with E-state index in [0.717, 1.165) is 0 Å². The molecule has 2 nitrogen and oxygen atoms in total. The molecule has 2 rings (SSSR count). The Balaban J connectivity index is 2.54. The fourth-order valence-electron chi connectivity index (χ4n) is 1.86. The van der Waals surface area contributed by atoms with Gasteiger partial charge in [0.25, 0.3) is 0 Å². The zero-order valence-corrected chi connectivity index (χ0v) is 10.1. The van der Waals surface area contributed by atoms with Crippen molar-refractivity contribution < 1.29 is 9.84 Å². The van der Waals surface area contributed by atoms with E-state index >= 15 is 0 Å². The minimum Gasteiger partial charge on any atom is -0.497 e. The van der Waals surface area contributed by atoms with Crippen LogP contribution in [0.15, 0.2) is 54.6 Å². The molecular weight excluding hydrogens is 224 g/mol. The molecule has 0 spiro atoms. The third-order valence-corrected chi connectivity index (χ3v) is 2.89. The molecule has 1 atom stereocenters. The standard InChI is InChI=1S/C16H14O2/c1-3-16(17,13-8-5-4-6-9-13)14-10-7-11-15(12-14)18-2/h1,4-12,17H,2H3. The van der Waals surface area contributed by atoms with Gasteiger partial charge in [-0.1, -0.05) is 48.4 Å². The zero-order valence-electron chi connectivity index (χ0n) is 10.1. The lowest BCUT2D eigenvalue weighted by Crippen LogP contribution is -2.24. The van der Waals surface area contributed by atoms with E-state index in [1.165, 1.54) is 0 Å². The van der Waals surface area contributed by atoms with Crippen LogP contribution in [0.3, 0.4) is 0 Å². The highest BCUT2D eigenvalue weighted by atomic mass is 16.5. The fourth-order valence-corrected chi connectivity index (χ4v) is 1.86. The summed E-state index contributed by atoms with van der Waals surface area (Å²) in [6.07, 6.45) is 5.52. The molecule has 90 valence electrons. The number of aliphatic hydroxyl groups is 1. The van der Waals surface area contributed by atoms with E-state index in [4.69, 9.17) is 11.2 Å². The van der Waals surface area contributed by atoms with Crippen molar-refractivity contribution in [3.05, 3.63) is 65.7 Å². The molecule has 0 radical (unpaired) electrons. The van der Waals surface area contributed by atoms with Crippen LogP contribution in [0.2, 0.25) is 0 Å². The molecule has 0 bridgehead atoms. The van der Waals surface area contributed by atoms with Crippen molar-refractivity contribution in [1.82, 2.24) is 0 Å². The molecule has 0 aliphatic rings. The first-order chi connectivity index (χ1) is 8.70. The highest BCUT2D eigenvalue weighted by Crippen LogP contribution is 2.30. The Labute approximate surface area is 107 Å². The van der Waals surface area contributed by atoms with Crippen molar-refractivity contribution in [2.45, 2.75) is 5.60 Å². The number of terminal acetylenes is 1. The lowest BCUT2D eigenvalue weighted by atomic mass is 9.87. The lowest BCUT2D eigenvalue weighted by molar-refractivity contribution is 0.145. The van der Waals surface area contributed by atoms with Crippen molar-refractivity contribution in [2.75, 3.05) is 7.11 Å². The number of hydrogen-bond donors (Lipinski definition) is 1. The predicted octanol–water partition coefficient (Wildman–Crippen LogP) is 2.56. The minimum atomic E-state index is -1.43. The van der Waals surface area contributed by atoms with Crippen LogP contribution in [0.25, 0.3) is 0 Å². The van der Waals surface area contributed by atoms with Gasteiger partial charge >= 0.3 is 0 Å². The smallest absolute Gasteiger partial charge is 0.176 e. The highest BCUT2D eigenvalue weighted by Gasteiger charge is 2.29. The normalized spacial score (nSPS) is 13.4. The maximum atomic E-state index is 10.7. The van der Waals surface area contributed by atoms with Gasteiger partial charge in [0.1, 0.15) is 5.75 Å². The summed E-state index contributed by atoms with van der Waals surface area (Å²) in [7, 11) is 1.58. The Morgan fingerprint density at radius 1 is 1.06 bits per heavy atom. The van der Waals surface area contributed by atoms with Gasteiger partial charge in [-0.3, -0.25) is 0 Å². The second-order valence-corrected chi connectivity index (χ2v) is 3.95. The number of rotatable bonds is 3. The zero-order chi connectivity index (χ0) is 13.0. The van der Waals surface area contributed by atoms with Crippen LogP contribution in [0.1, 0.15) is 11.1 Å². The first-order valence-corrected chi connectivity index (χ1v) is 5.61. The molecule has 0 aliphatic carbocycles. The van der Waals surface area contributed by atoms with E-state index < -0.39 is 5.60 Å². The molecular formula is C16H14O2. The summed E-state index contributed by atoms with van der Waals surface area (Å²) < 4.78 is 5.15. The van der Waals surface area contributed by atoms with Crippen LogP contribution in [0.4, 0.5) is 0 Å². The van der Waals surface area contributed by atoms with Crippen molar-refractivity contribution in [2.24, 2.45) is 0 Å². The van der Waals surface area contributed by atoms with Gasteiger partial charge in [0.15, 0.2) is 5.60 Å². The summed E-state index contributed by atoms with van der Waals surface area (Å²) >= 11 is 0. The molecule has 0 amide bonds. The van der Waals surface area contributed by atoms with Gasteiger partial charge < -0.3 is 9.84 Å². The van der Waals surface area contributed by atoms with Gasteiger partial charge in [-0.15, -0.1) is 6.42 Å². The third-order valence-electron chi connectivity index (χ3n) is 2.89. The predicted molar refractivity (Wildman–Crippen MR) is 71.3 cm³/mol. The molecule has 2 aromatic carbocycles. The van der Waals surface area contributed by atoms with E-state index in [0.29, 0.717) is 16.9 Å². The second kappa shape index (κ2) is 4.95. The third kappa shape index (κ3) is 2.09. The fraction of sp³-hybridized carbons (Fsp3) is 0.125. The quantitative estimate of drug-likeness (QED) is 0.833. The molecule has 0 aliphatic heterocycles. The first kappa shape index (κ1) is 12.2. The van der Waals surface area contributed by atoms with Crippen molar-refractivity contribution in [3.63, 3.8) is 0 Å². The van der Waals surface area contributed by atoms with Crippen LogP contribution in [-0.4, -0.2) is 12.2 Å². The van der Waals surface area contributed by atoms with E-state index in [1.807, 2.05) is 24.3 Å². The van der Waals surface area contributed by atoms with Crippen LogP contribution in [0.5, 0.6) is 5.75 Å². The molecule has 1 N–H and O–H groups in total. The van der Waals surface area contributed by atoms with Crippen LogP contribution in [-0.2, 0) is 5.60 Å². The van der Waals surface area contributed by atoms with Gasteiger partial charge in [0.2, 0.25) is 0 Å². The average molecular weight is 238 g/mol. The van der Waals surface area contributed by atoms with Crippen molar-refractivity contribution in [1.29, 1.82) is 0 Å². The van der Waals surface area contributed by atoms with Crippen LogP contribution >= 0.6 is 0 Å². The second-order valence-electron chi connectivity index (χ2n) is 3.95. The Morgan fingerprint density at radius 3 is 2.33 bits per heavy atom. The Bertz CT molecular complexity index is 569. The summed E-state index contributed by atoms with van der Waals surface area (Å²) in [6, 6.07) is 16.3. The van der Waals surface area contributed by atoms with E-state index in [1.54, 1.807) is 37.4 Å². The van der Waals surface area contributed by atoms with Crippen LogP contribution < -0.4 is 4.74 Å². The van der Waals surface area contributed by atoms with E-state index in [2.05, 4.69) is 5.92 Å². The van der Waals surface area contributed by atoms with Gasteiger partial charge in [-0.25, -0.2) is 0 Å². The number of hydrogen-bond acceptors (Lipinski definition) is 2. The largest absolute Gasteiger partial charge is 0.497 e. The molecule has 0 saturated heterocycles. The SMILES string of the molecule is C#CC(O)(c1ccccc1)c1cccc(OC)c1. The van der Waals surface area contributed by atoms with Gasteiger partial charge in [0, 0.05) is 11.1 Å². The van der Waals surface area contributed by atoms with Gasteiger partial charge in [-0.05, 0) is 12.1 Å². The maximum Gasteiger partial charge on any atom is 0.176 e. The lowest BCUT2D eigenvalue weighted by Gasteiger charge is -2.23. The minimum absolute atomic E-state index is 0.621. The maximum absolute atomic E-state index is 10.7. The summed E-state index contributed by atoms with van der Waals surface area (Å²) in [6.45, 7) is 0. The topological polar surface area (TPSA) is 29.5 Å². The molecule has 0 aromatic heterocycles. The first-order valence-electron chi connectivity index (χ1n) is 5.61. The van der Waals surface area contributed by atoms with E-state index in [-0.39, 0.29) is 0 Å². The summed E-state index contributed by atoms with van der Waals surface area (Å²) in [5.41, 5.74) is -0.146. The Morgan fingerprint density at radius 2 is 1.72 bits per heavy atom. The number of ether oxygens (including phenoxy) is 1. The summed E-state index contributed by atoms with van der Waals surface area (Å²) in [5, 5.41) is 10.7. The Kier molecular flexibility index (Phi) is 3.36. The summed E-state index contributed by atoms with van der Waals surface area (Å²) in [5.74, 6) is 3.13. The van der Waals surface area contributed by atoms with E-state index in [9.17, 15) is 5.11 Å². The highest BCUT2D eigenvalue weighted by molar-refractivity contribution is 5.45. The molecule has 2 heteroatoms. The van der Waals surface area contributed by atoms with Crippen LogP contribution in [0, 0.1) is 12.3 Å². The van der Waals surface area contributed by atoms with Crippen molar-refractivity contribution in [3.8, 4) is 18.1 Å². The molecule has 2 aromatic rings. The number of benzene rings is 2. The summed E-state index contributed by atoms with van der Waals surface area (Å²) in [4.78, 5) is 0. The average Bonchev–Trinajstić information content (AvgIpc) is 2.47. The van der Waals surface area contributed by atoms with Gasteiger partial charge in [0.05, 0.1) is 7.11 Å². The van der Waals surface area contributed by atoms with Gasteiger partial charge in [-0.2, -0.15) is 0 Å². The Hall–Kier alpha value is -2.24. The molecule has 0 saturated carbocycles. The molecule has 18 heavy (non-hydrogen) atoms. The van der Waals surface area contributed by atoms with Crippen molar-refractivity contribution >= 4 is 0 Å².